The molecule has 1 heterocycles. The maximum absolute atomic E-state index is 13.0. The lowest BCUT2D eigenvalue weighted by atomic mass is 9.98. The van der Waals surface area contributed by atoms with E-state index in [0.717, 1.165) is 21.9 Å². The smallest absolute Gasteiger partial charge is 0.335 e. The molecular formula is C21H14N2O3. The minimum atomic E-state index is -0.998. The van der Waals surface area contributed by atoms with Crippen molar-refractivity contribution in [2.24, 2.45) is 0 Å². The molecule has 1 aliphatic heterocycles. The number of carboxylic acid groups (broad SMARTS) is 1. The molecule has 1 unspecified atom stereocenters. The van der Waals surface area contributed by atoms with Gasteiger partial charge < -0.3 is 10.0 Å². The summed E-state index contributed by atoms with van der Waals surface area (Å²) in [4.78, 5) is 25.5. The molecule has 26 heavy (non-hydrogen) atoms. The molecule has 0 fully saturated rings. The van der Waals surface area contributed by atoms with Gasteiger partial charge in [0.25, 0.3) is 5.91 Å². The monoisotopic (exact) mass is 342 g/mol. The van der Waals surface area contributed by atoms with Gasteiger partial charge in [0, 0.05) is 12.1 Å². The number of benzene rings is 3. The van der Waals surface area contributed by atoms with Crippen molar-refractivity contribution in [3.63, 3.8) is 0 Å². The molecule has 0 aliphatic carbocycles. The Morgan fingerprint density at radius 2 is 1.81 bits per heavy atom. The second-order valence-corrected chi connectivity index (χ2v) is 6.22. The van der Waals surface area contributed by atoms with E-state index >= 15 is 0 Å². The summed E-state index contributed by atoms with van der Waals surface area (Å²) in [7, 11) is 0. The molecule has 126 valence electrons. The summed E-state index contributed by atoms with van der Waals surface area (Å²) in [5.74, 6) is -1.17. The zero-order chi connectivity index (χ0) is 18.3. The topological polar surface area (TPSA) is 81.4 Å². The summed E-state index contributed by atoms with van der Waals surface area (Å²) in [6.07, 6.45) is 0. The Morgan fingerprint density at radius 3 is 2.50 bits per heavy atom. The maximum atomic E-state index is 13.0. The van der Waals surface area contributed by atoms with Gasteiger partial charge in [0.2, 0.25) is 0 Å². The highest BCUT2D eigenvalue weighted by atomic mass is 16.4. The van der Waals surface area contributed by atoms with Gasteiger partial charge in [-0.2, -0.15) is 5.26 Å². The highest BCUT2D eigenvalue weighted by molar-refractivity contribution is 6.11. The second kappa shape index (κ2) is 6.01. The van der Waals surface area contributed by atoms with Crippen LogP contribution >= 0.6 is 0 Å². The molecule has 0 spiro atoms. The fraction of sp³-hybridized carbons (Fsp3) is 0.0952. The minimum absolute atomic E-state index is 0.175. The zero-order valence-electron chi connectivity index (χ0n) is 13.7. The average molecular weight is 342 g/mol. The first-order chi connectivity index (χ1) is 12.6. The van der Waals surface area contributed by atoms with E-state index in [4.69, 9.17) is 5.11 Å². The number of amides is 1. The van der Waals surface area contributed by atoms with Gasteiger partial charge in [-0.3, -0.25) is 4.79 Å². The van der Waals surface area contributed by atoms with Crippen LogP contribution in [0.4, 0.5) is 0 Å². The molecule has 1 N–H and O–H groups in total. The minimum Gasteiger partial charge on any atom is -0.478 e. The van der Waals surface area contributed by atoms with Crippen molar-refractivity contribution in [2.75, 3.05) is 0 Å². The number of aromatic carboxylic acids is 1. The quantitative estimate of drug-likeness (QED) is 0.786. The van der Waals surface area contributed by atoms with Crippen LogP contribution in [0.5, 0.6) is 0 Å². The molecule has 1 aliphatic rings. The van der Waals surface area contributed by atoms with Crippen LogP contribution < -0.4 is 0 Å². The molecule has 3 aromatic rings. The van der Waals surface area contributed by atoms with E-state index < -0.39 is 12.0 Å². The van der Waals surface area contributed by atoms with Crippen LogP contribution in [-0.2, 0) is 6.54 Å². The van der Waals surface area contributed by atoms with Crippen LogP contribution in [0.1, 0.15) is 37.9 Å². The van der Waals surface area contributed by atoms with E-state index in [2.05, 4.69) is 6.07 Å². The molecule has 5 nitrogen and oxygen atoms in total. The average Bonchev–Trinajstić information content (AvgIpc) is 2.94. The largest absolute Gasteiger partial charge is 0.478 e. The van der Waals surface area contributed by atoms with Gasteiger partial charge in [-0.05, 0) is 28.5 Å². The number of rotatable bonds is 3. The fourth-order valence-corrected chi connectivity index (χ4v) is 3.44. The zero-order valence-corrected chi connectivity index (χ0v) is 13.7. The number of nitriles is 1. The number of carbonyl (C=O) groups excluding carboxylic acids is 1. The number of nitrogens with zero attached hydrogens (tertiary/aromatic N) is 2. The van der Waals surface area contributed by atoms with Gasteiger partial charge in [0.05, 0.1) is 17.2 Å². The molecule has 1 atom stereocenters. The van der Waals surface area contributed by atoms with Gasteiger partial charge in [-0.25, -0.2) is 4.79 Å². The van der Waals surface area contributed by atoms with Crippen LogP contribution in [-0.4, -0.2) is 21.9 Å². The Balaban J connectivity index is 1.73. The first-order valence-electron chi connectivity index (χ1n) is 8.14. The lowest BCUT2D eigenvalue weighted by Gasteiger charge is -2.20. The van der Waals surface area contributed by atoms with Crippen molar-refractivity contribution in [3.05, 3.63) is 82.9 Å². The van der Waals surface area contributed by atoms with Crippen LogP contribution in [0.3, 0.4) is 0 Å². The Bertz CT molecular complexity index is 1080. The first-order valence-corrected chi connectivity index (χ1v) is 8.14. The molecule has 0 saturated heterocycles. The number of carboxylic acids is 1. The SMILES string of the molecule is N#CC1c2ccc3ccccc3c2C(=O)N1Cc1ccc(C(=O)O)cc1. The molecule has 1 amide bonds. The van der Waals surface area contributed by atoms with Gasteiger partial charge in [-0.15, -0.1) is 0 Å². The normalized spacial score (nSPS) is 15.7. The summed E-state index contributed by atoms with van der Waals surface area (Å²) in [6.45, 7) is 0.250. The summed E-state index contributed by atoms with van der Waals surface area (Å²) >= 11 is 0. The Hall–Kier alpha value is -3.65. The first kappa shape index (κ1) is 15.9. The molecule has 0 saturated carbocycles. The second-order valence-electron chi connectivity index (χ2n) is 6.22. The third-order valence-corrected chi connectivity index (χ3v) is 4.72. The van der Waals surface area contributed by atoms with Crippen molar-refractivity contribution in [1.29, 1.82) is 5.26 Å². The number of carbonyl (C=O) groups is 2. The van der Waals surface area contributed by atoms with E-state index in [0.29, 0.717) is 5.56 Å². The summed E-state index contributed by atoms with van der Waals surface area (Å²) < 4.78 is 0. The predicted molar refractivity (Wildman–Crippen MR) is 95.6 cm³/mol. The van der Waals surface area contributed by atoms with Crippen molar-refractivity contribution in [2.45, 2.75) is 12.6 Å². The van der Waals surface area contributed by atoms with Gasteiger partial charge >= 0.3 is 5.97 Å². The van der Waals surface area contributed by atoms with Crippen LogP contribution in [0, 0.1) is 11.3 Å². The van der Waals surface area contributed by atoms with Crippen LogP contribution in [0.25, 0.3) is 10.8 Å². The van der Waals surface area contributed by atoms with E-state index in [9.17, 15) is 14.9 Å². The van der Waals surface area contributed by atoms with Crippen molar-refractivity contribution < 1.29 is 14.7 Å². The Kier molecular flexibility index (Phi) is 3.67. The lowest BCUT2D eigenvalue weighted by Crippen LogP contribution is -2.26. The van der Waals surface area contributed by atoms with Crippen molar-refractivity contribution >= 4 is 22.6 Å². The van der Waals surface area contributed by atoms with E-state index in [1.165, 1.54) is 17.0 Å². The Labute approximate surface area is 149 Å². The van der Waals surface area contributed by atoms with E-state index in [1.807, 2.05) is 36.4 Å². The van der Waals surface area contributed by atoms with Gasteiger partial charge in [0.1, 0.15) is 6.04 Å². The van der Waals surface area contributed by atoms with Gasteiger partial charge in [0.15, 0.2) is 0 Å². The number of fused-ring (bicyclic) bond motifs is 3. The maximum Gasteiger partial charge on any atom is 0.335 e. The summed E-state index contributed by atoms with van der Waals surface area (Å²) in [5.41, 5.74) is 2.27. The highest BCUT2D eigenvalue weighted by Gasteiger charge is 2.37. The van der Waals surface area contributed by atoms with Crippen molar-refractivity contribution in [1.82, 2.24) is 4.90 Å². The number of hydrogen-bond donors (Lipinski definition) is 1. The summed E-state index contributed by atoms with van der Waals surface area (Å²) in [6, 6.07) is 19.3. The molecule has 5 heteroatoms. The van der Waals surface area contributed by atoms with Gasteiger partial charge in [-0.1, -0.05) is 48.5 Å². The third kappa shape index (κ3) is 2.40. The van der Waals surface area contributed by atoms with Crippen LogP contribution in [0.2, 0.25) is 0 Å². The molecule has 0 radical (unpaired) electrons. The number of hydrogen-bond acceptors (Lipinski definition) is 3. The molecular weight excluding hydrogens is 328 g/mol. The Morgan fingerprint density at radius 1 is 1.08 bits per heavy atom. The standard InChI is InChI=1S/C21H14N2O3/c22-11-18-17-10-9-14-3-1-2-4-16(14)19(17)20(24)23(18)12-13-5-7-15(8-6-13)21(25)26/h1-10,18H,12H2,(H,25,26). The molecule has 0 bridgehead atoms. The molecule has 3 aromatic carbocycles. The van der Waals surface area contributed by atoms with E-state index in [1.54, 1.807) is 12.1 Å². The fourth-order valence-electron chi connectivity index (χ4n) is 3.44. The van der Waals surface area contributed by atoms with Crippen LogP contribution in [0.15, 0.2) is 60.7 Å². The molecule has 4 rings (SSSR count). The lowest BCUT2D eigenvalue weighted by molar-refractivity contribution is 0.0694. The van der Waals surface area contributed by atoms with E-state index in [-0.39, 0.29) is 18.0 Å². The predicted octanol–water partition coefficient (Wildman–Crippen LogP) is 3.76. The highest BCUT2D eigenvalue weighted by Crippen LogP contribution is 2.38. The third-order valence-electron chi connectivity index (χ3n) is 4.72. The molecule has 0 aromatic heterocycles. The summed E-state index contributed by atoms with van der Waals surface area (Å²) in [5, 5.41) is 20.4. The van der Waals surface area contributed by atoms with Crippen molar-refractivity contribution in [3.8, 4) is 6.07 Å².